The quantitative estimate of drug-likeness (QED) is 0.599. The normalized spacial score (nSPS) is 10.5. The van der Waals surface area contributed by atoms with Gasteiger partial charge in [0.05, 0.1) is 11.5 Å². The van der Waals surface area contributed by atoms with Crippen LogP contribution in [0.15, 0.2) is 60.9 Å². The lowest BCUT2D eigenvalue weighted by Gasteiger charge is -2.20. The summed E-state index contributed by atoms with van der Waals surface area (Å²) >= 11 is 1.52. The molecule has 0 aliphatic rings. The van der Waals surface area contributed by atoms with Crippen molar-refractivity contribution in [1.29, 1.82) is 0 Å². The fourth-order valence-electron chi connectivity index (χ4n) is 2.68. The average Bonchev–Trinajstić information content (AvgIpc) is 3.17. The first-order chi connectivity index (χ1) is 12.7. The Morgan fingerprint density at radius 3 is 2.42 bits per heavy atom. The standard InChI is InChI=1S/C21H22N2O2S/c1-3-23(15-16-11-13-22-14-12-16)21(24)20-10-9-19(26-20)17-5-7-18(8-6-17)25-4-2/h5-14H,3-4,15H2,1-2H3. The molecule has 0 fully saturated rings. The third kappa shape index (κ3) is 4.29. The highest BCUT2D eigenvalue weighted by Gasteiger charge is 2.17. The van der Waals surface area contributed by atoms with Gasteiger partial charge >= 0.3 is 0 Å². The maximum Gasteiger partial charge on any atom is 0.264 e. The lowest BCUT2D eigenvalue weighted by atomic mass is 10.2. The summed E-state index contributed by atoms with van der Waals surface area (Å²) < 4.78 is 5.48. The molecule has 4 nitrogen and oxygen atoms in total. The number of benzene rings is 1. The van der Waals surface area contributed by atoms with Crippen molar-refractivity contribution in [2.45, 2.75) is 20.4 Å². The van der Waals surface area contributed by atoms with E-state index in [0.717, 1.165) is 26.6 Å². The molecule has 0 saturated heterocycles. The minimum Gasteiger partial charge on any atom is -0.494 e. The number of amides is 1. The summed E-state index contributed by atoms with van der Waals surface area (Å²) in [6.45, 7) is 5.88. The minimum absolute atomic E-state index is 0.0616. The second kappa shape index (κ2) is 8.63. The second-order valence-corrected chi connectivity index (χ2v) is 6.88. The maximum atomic E-state index is 12.9. The fourth-order valence-corrected chi connectivity index (χ4v) is 3.66. The molecule has 3 aromatic rings. The van der Waals surface area contributed by atoms with E-state index < -0.39 is 0 Å². The van der Waals surface area contributed by atoms with Gasteiger partial charge in [0.25, 0.3) is 5.91 Å². The molecule has 0 N–H and O–H groups in total. The van der Waals surface area contributed by atoms with Crippen molar-refractivity contribution in [3.8, 4) is 16.2 Å². The molecule has 0 radical (unpaired) electrons. The number of hydrogen-bond acceptors (Lipinski definition) is 4. The highest BCUT2D eigenvalue weighted by Crippen LogP contribution is 2.30. The van der Waals surface area contributed by atoms with Gasteiger partial charge in [-0.15, -0.1) is 11.3 Å². The van der Waals surface area contributed by atoms with Crippen molar-refractivity contribution in [3.05, 3.63) is 71.4 Å². The van der Waals surface area contributed by atoms with Crippen molar-refractivity contribution >= 4 is 17.2 Å². The van der Waals surface area contributed by atoms with Crippen LogP contribution in [0, 0.1) is 0 Å². The zero-order chi connectivity index (χ0) is 18.4. The molecular weight excluding hydrogens is 344 g/mol. The Morgan fingerprint density at radius 2 is 1.77 bits per heavy atom. The van der Waals surface area contributed by atoms with E-state index in [1.807, 2.05) is 67.3 Å². The monoisotopic (exact) mass is 366 g/mol. The second-order valence-electron chi connectivity index (χ2n) is 5.80. The molecule has 0 unspecified atom stereocenters. The largest absolute Gasteiger partial charge is 0.494 e. The van der Waals surface area contributed by atoms with E-state index in [1.165, 1.54) is 11.3 Å². The van der Waals surface area contributed by atoms with Crippen LogP contribution in [-0.2, 0) is 6.54 Å². The zero-order valence-corrected chi connectivity index (χ0v) is 15.8. The Labute approximate surface area is 158 Å². The Hall–Kier alpha value is -2.66. The van der Waals surface area contributed by atoms with Crippen LogP contribution in [0.1, 0.15) is 29.1 Å². The predicted molar refractivity (Wildman–Crippen MR) is 106 cm³/mol. The van der Waals surface area contributed by atoms with E-state index in [0.29, 0.717) is 19.7 Å². The SMILES string of the molecule is CCOc1ccc(-c2ccc(C(=O)N(CC)Cc3ccncc3)s2)cc1. The molecule has 0 bridgehead atoms. The van der Waals surface area contributed by atoms with E-state index in [4.69, 9.17) is 4.74 Å². The van der Waals surface area contributed by atoms with E-state index in [2.05, 4.69) is 4.98 Å². The molecule has 0 aliphatic heterocycles. The van der Waals surface area contributed by atoms with Crippen LogP contribution in [0.2, 0.25) is 0 Å². The van der Waals surface area contributed by atoms with Gasteiger partial charge in [-0.25, -0.2) is 0 Å². The lowest BCUT2D eigenvalue weighted by Crippen LogP contribution is -2.29. The van der Waals surface area contributed by atoms with Gasteiger partial charge in [0, 0.05) is 30.4 Å². The van der Waals surface area contributed by atoms with E-state index in [1.54, 1.807) is 12.4 Å². The molecule has 1 aromatic carbocycles. The summed E-state index contributed by atoms with van der Waals surface area (Å²) in [5, 5.41) is 0. The van der Waals surface area contributed by atoms with E-state index in [9.17, 15) is 4.79 Å². The van der Waals surface area contributed by atoms with Gasteiger partial charge in [0.1, 0.15) is 5.75 Å². The van der Waals surface area contributed by atoms with Crippen LogP contribution in [0.25, 0.3) is 10.4 Å². The van der Waals surface area contributed by atoms with Crippen LogP contribution in [0.3, 0.4) is 0 Å². The first-order valence-corrected chi connectivity index (χ1v) is 9.54. The number of rotatable bonds is 7. The van der Waals surface area contributed by atoms with Gasteiger partial charge in [-0.1, -0.05) is 0 Å². The number of pyridine rings is 1. The molecule has 134 valence electrons. The van der Waals surface area contributed by atoms with Gasteiger partial charge in [-0.3, -0.25) is 9.78 Å². The van der Waals surface area contributed by atoms with Crippen molar-refractivity contribution in [2.24, 2.45) is 0 Å². The molecule has 2 heterocycles. The molecule has 5 heteroatoms. The molecule has 0 atom stereocenters. The third-order valence-electron chi connectivity index (χ3n) is 4.06. The summed E-state index contributed by atoms with van der Waals surface area (Å²) in [6, 6.07) is 15.8. The molecule has 26 heavy (non-hydrogen) atoms. The number of aromatic nitrogens is 1. The van der Waals surface area contributed by atoms with Crippen LogP contribution in [-0.4, -0.2) is 28.9 Å². The molecule has 1 amide bonds. The number of thiophene rings is 1. The molecule has 0 spiro atoms. The summed E-state index contributed by atoms with van der Waals surface area (Å²) in [5.74, 6) is 0.921. The zero-order valence-electron chi connectivity index (χ0n) is 15.0. The van der Waals surface area contributed by atoms with Gasteiger partial charge in [-0.05, 0) is 73.5 Å². The third-order valence-corrected chi connectivity index (χ3v) is 5.18. The number of ether oxygens (including phenoxy) is 1. The van der Waals surface area contributed by atoms with Gasteiger partial charge in [-0.2, -0.15) is 0 Å². The van der Waals surface area contributed by atoms with Crippen molar-refractivity contribution in [2.75, 3.05) is 13.2 Å². The minimum atomic E-state index is 0.0616. The van der Waals surface area contributed by atoms with Gasteiger partial charge in [0.15, 0.2) is 0 Å². The highest BCUT2D eigenvalue weighted by atomic mass is 32.1. The smallest absolute Gasteiger partial charge is 0.264 e. The van der Waals surface area contributed by atoms with E-state index >= 15 is 0 Å². The van der Waals surface area contributed by atoms with Crippen LogP contribution < -0.4 is 4.74 Å². The highest BCUT2D eigenvalue weighted by molar-refractivity contribution is 7.17. The van der Waals surface area contributed by atoms with Crippen molar-refractivity contribution < 1.29 is 9.53 Å². The first-order valence-electron chi connectivity index (χ1n) is 8.72. The maximum absolute atomic E-state index is 12.9. The molecule has 2 aromatic heterocycles. The molecular formula is C21H22N2O2S. The summed E-state index contributed by atoms with van der Waals surface area (Å²) in [4.78, 5) is 20.6. The molecule has 0 saturated carbocycles. The predicted octanol–water partition coefficient (Wildman–Crippen LogP) is 4.87. The summed E-state index contributed by atoms with van der Waals surface area (Å²) in [7, 11) is 0. The Kier molecular flexibility index (Phi) is 6.02. The van der Waals surface area contributed by atoms with Crippen LogP contribution >= 0.6 is 11.3 Å². The topological polar surface area (TPSA) is 42.4 Å². The molecule has 3 rings (SSSR count). The number of carbonyl (C=O) groups excluding carboxylic acids is 1. The first kappa shape index (κ1) is 18.1. The Balaban J connectivity index is 1.74. The Bertz CT molecular complexity index is 844. The fraction of sp³-hybridized carbons (Fsp3) is 0.238. The summed E-state index contributed by atoms with van der Waals surface area (Å²) in [5.41, 5.74) is 2.17. The van der Waals surface area contributed by atoms with Crippen molar-refractivity contribution in [1.82, 2.24) is 9.88 Å². The summed E-state index contributed by atoms with van der Waals surface area (Å²) in [6.07, 6.45) is 3.51. The average molecular weight is 366 g/mol. The van der Waals surface area contributed by atoms with Gasteiger partial charge in [0.2, 0.25) is 0 Å². The lowest BCUT2D eigenvalue weighted by molar-refractivity contribution is 0.0757. The van der Waals surface area contributed by atoms with E-state index in [-0.39, 0.29) is 5.91 Å². The number of hydrogen-bond donors (Lipinski definition) is 0. The Morgan fingerprint density at radius 1 is 1.04 bits per heavy atom. The van der Waals surface area contributed by atoms with Crippen LogP contribution in [0.5, 0.6) is 5.75 Å². The number of carbonyl (C=O) groups is 1. The van der Waals surface area contributed by atoms with Crippen LogP contribution in [0.4, 0.5) is 0 Å². The van der Waals surface area contributed by atoms with Gasteiger partial charge < -0.3 is 9.64 Å². The van der Waals surface area contributed by atoms with Crippen molar-refractivity contribution in [3.63, 3.8) is 0 Å². The molecule has 0 aliphatic carbocycles. The number of nitrogens with zero attached hydrogens (tertiary/aromatic N) is 2.